The maximum absolute atomic E-state index is 5.94. The third kappa shape index (κ3) is 2.52. The molecule has 18 heavy (non-hydrogen) atoms. The molecular formula is C15H24N2O. The topological polar surface area (TPSA) is 38.5 Å². The van der Waals surface area contributed by atoms with Crippen LogP contribution in [0.25, 0.3) is 0 Å². The monoisotopic (exact) mass is 248 g/mol. The molecule has 0 aromatic heterocycles. The van der Waals surface area contributed by atoms with Gasteiger partial charge in [0.25, 0.3) is 0 Å². The fraction of sp³-hybridized carbons (Fsp3) is 0.600. The molecule has 0 amide bonds. The van der Waals surface area contributed by atoms with Crippen LogP contribution in [0.5, 0.6) is 5.75 Å². The van der Waals surface area contributed by atoms with Gasteiger partial charge in [-0.15, -0.1) is 0 Å². The number of benzene rings is 1. The van der Waals surface area contributed by atoms with Crippen LogP contribution in [0.1, 0.15) is 30.0 Å². The molecule has 0 aliphatic carbocycles. The summed E-state index contributed by atoms with van der Waals surface area (Å²) in [5.74, 6) is 1.53. The van der Waals surface area contributed by atoms with E-state index in [0.29, 0.717) is 12.0 Å². The first-order valence-electron chi connectivity index (χ1n) is 6.72. The Morgan fingerprint density at radius 1 is 1.44 bits per heavy atom. The average Bonchev–Trinajstić information content (AvgIpc) is 2.38. The molecule has 3 heteroatoms. The Morgan fingerprint density at radius 2 is 2.22 bits per heavy atom. The van der Waals surface area contributed by atoms with Gasteiger partial charge in [0.1, 0.15) is 5.75 Å². The minimum absolute atomic E-state index is 0.452. The molecule has 1 saturated heterocycles. The molecule has 0 radical (unpaired) electrons. The van der Waals surface area contributed by atoms with Crippen molar-refractivity contribution in [3.05, 3.63) is 29.3 Å². The van der Waals surface area contributed by atoms with Gasteiger partial charge in [-0.3, -0.25) is 4.90 Å². The van der Waals surface area contributed by atoms with Crippen molar-refractivity contribution in [1.82, 2.24) is 4.90 Å². The fourth-order valence-electron chi connectivity index (χ4n) is 3.12. The van der Waals surface area contributed by atoms with Crippen LogP contribution in [0.2, 0.25) is 0 Å². The van der Waals surface area contributed by atoms with E-state index in [1.807, 2.05) is 0 Å². The van der Waals surface area contributed by atoms with Gasteiger partial charge in [-0.05, 0) is 63.0 Å². The quantitative estimate of drug-likeness (QED) is 0.892. The van der Waals surface area contributed by atoms with E-state index >= 15 is 0 Å². The predicted molar refractivity (Wildman–Crippen MR) is 74.9 cm³/mol. The first-order chi connectivity index (χ1) is 8.67. The molecule has 1 aliphatic heterocycles. The van der Waals surface area contributed by atoms with Gasteiger partial charge < -0.3 is 10.5 Å². The molecule has 1 fully saturated rings. The van der Waals surface area contributed by atoms with E-state index < -0.39 is 0 Å². The highest BCUT2D eigenvalue weighted by atomic mass is 16.5. The molecule has 1 aromatic rings. The molecule has 1 heterocycles. The summed E-state index contributed by atoms with van der Waals surface area (Å²) in [7, 11) is 3.92. The van der Waals surface area contributed by atoms with Crippen LogP contribution in [-0.4, -0.2) is 32.1 Å². The van der Waals surface area contributed by atoms with Crippen molar-refractivity contribution in [2.24, 2.45) is 11.7 Å². The number of likely N-dealkylation sites (tertiary alicyclic amines) is 1. The molecule has 0 saturated carbocycles. The zero-order chi connectivity index (χ0) is 13.1. The second-order valence-corrected chi connectivity index (χ2v) is 5.29. The maximum atomic E-state index is 5.94. The maximum Gasteiger partial charge on any atom is 0.121 e. The average molecular weight is 248 g/mol. The Balaban J connectivity index is 2.30. The van der Waals surface area contributed by atoms with Gasteiger partial charge in [0.15, 0.2) is 0 Å². The van der Waals surface area contributed by atoms with Crippen molar-refractivity contribution in [2.45, 2.75) is 25.8 Å². The molecule has 0 bridgehead atoms. The normalized spacial score (nSPS) is 25.1. The van der Waals surface area contributed by atoms with Crippen LogP contribution in [-0.2, 0) is 0 Å². The highest BCUT2D eigenvalue weighted by Crippen LogP contribution is 2.35. The minimum atomic E-state index is 0.452. The molecule has 1 aromatic carbocycles. The highest BCUT2D eigenvalue weighted by Gasteiger charge is 2.29. The van der Waals surface area contributed by atoms with Crippen LogP contribution in [0.15, 0.2) is 18.2 Å². The Kier molecular flexibility index (Phi) is 4.25. The van der Waals surface area contributed by atoms with E-state index in [4.69, 9.17) is 10.5 Å². The summed E-state index contributed by atoms with van der Waals surface area (Å²) < 4.78 is 5.33. The molecule has 2 rings (SSSR count). The highest BCUT2D eigenvalue weighted by molar-refractivity contribution is 5.37. The predicted octanol–water partition coefficient (Wildman–Crippen LogP) is 2.35. The molecular weight excluding hydrogens is 224 g/mol. The summed E-state index contributed by atoms with van der Waals surface area (Å²) in [5.41, 5.74) is 8.50. The van der Waals surface area contributed by atoms with Gasteiger partial charge in [0.2, 0.25) is 0 Å². The zero-order valence-electron chi connectivity index (χ0n) is 11.6. The van der Waals surface area contributed by atoms with Crippen molar-refractivity contribution in [1.29, 1.82) is 0 Å². The molecule has 2 unspecified atom stereocenters. The Bertz CT molecular complexity index is 405. The zero-order valence-corrected chi connectivity index (χ0v) is 11.6. The van der Waals surface area contributed by atoms with E-state index in [0.717, 1.165) is 18.8 Å². The first kappa shape index (κ1) is 13.4. The standard InChI is InChI=1S/C15H24N2O/c1-11-9-12(6-7-14(11)18-3)15-13(10-16)5-4-8-17(15)2/h6-7,9,13,15H,4-5,8,10,16H2,1-3H3. The SMILES string of the molecule is COc1ccc(C2C(CN)CCCN2C)cc1C. The van der Waals surface area contributed by atoms with Gasteiger partial charge >= 0.3 is 0 Å². The smallest absolute Gasteiger partial charge is 0.121 e. The lowest BCUT2D eigenvalue weighted by Crippen LogP contribution is -2.39. The van der Waals surface area contributed by atoms with Gasteiger partial charge in [0, 0.05) is 6.04 Å². The fourth-order valence-corrected chi connectivity index (χ4v) is 3.12. The molecule has 2 atom stereocenters. The number of nitrogens with zero attached hydrogens (tertiary/aromatic N) is 1. The third-order valence-electron chi connectivity index (χ3n) is 4.07. The van der Waals surface area contributed by atoms with Crippen LogP contribution in [0.4, 0.5) is 0 Å². The molecule has 1 aliphatic rings. The molecule has 100 valence electrons. The summed E-state index contributed by atoms with van der Waals surface area (Å²) in [6.07, 6.45) is 2.49. The Hall–Kier alpha value is -1.06. The van der Waals surface area contributed by atoms with Crippen molar-refractivity contribution in [3.8, 4) is 5.75 Å². The number of aryl methyl sites for hydroxylation is 1. The molecule has 0 spiro atoms. The Morgan fingerprint density at radius 3 is 2.83 bits per heavy atom. The lowest BCUT2D eigenvalue weighted by molar-refractivity contribution is 0.125. The van der Waals surface area contributed by atoms with E-state index in [9.17, 15) is 0 Å². The van der Waals surface area contributed by atoms with Crippen molar-refractivity contribution < 1.29 is 4.74 Å². The second-order valence-electron chi connectivity index (χ2n) is 5.29. The lowest BCUT2D eigenvalue weighted by Gasteiger charge is -2.39. The van der Waals surface area contributed by atoms with Crippen molar-refractivity contribution in [3.63, 3.8) is 0 Å². The van der Waals surface area contributed by atoms with Gasteiger partial charge in [-0.1, -0.05) is 12.1 Å². The van der Waals surface area contributed by atoms with Crippen LogP contribution >= 0.6 is 0 Å². The number of hydrogen-bond acceptors (Lipinski definition) is 3. The van der Waals surface area contributed by atoms with E-state index in [2.05, 4.69) is 37.1 Å². The summed E-state index contributed by atoms with van der Waals surface area (Å²) in [6, 6.07) is 6.95. The van der Waals surface area contributed by atoms with E-state index in [-0.39, 0.29) is 0 Å². The Labute approximate surface area is 110 Å². The minimum Gasteiger partial charge on any atom is -0.496 e. The van der Waals surface area contributed by atoms with Gasteiger partial charge in [-0.25, -0.2) is 0 Å². The first-order valence-corrected chi connectivity index (χ1v) is 6.72. The number of nitrogens with two attached hydrogens (primary N) is 1. The van der Waals surface area contributed by atoms with Crippen LogP contribution < -0.4 is 10.5 Å². The number of methoxy groups -OCH3 is 1. The summed E-state index contributed by atoms with van der Waals surface area (Å²) in [6.45, 7) is 4.02. The molecule has 3 nitrogen and oxygen atoms in total. The molecule has 2 N–H and O–H groups in total. The van der Waals surface area contributed by atoms with E-state index in [1.165, 1.54) is 24.0 Å². The van der Waals surface area contributed by atoms with Gasteiger partial charge in [0.05, 0.1) is 7.11 Å². The summed E-state index contributed by atoms with van der Waals surface area (Å²) >= 11 is 0. The second kappa shape index (κ2) is 5.72. The number of rotatable bonds is 3. The van der Waals surface area contributed by atoms with Gasteiger partial charge in [-0.2, -0.15) is 0 Å². The van der Waals surface area contributed by atoms with E-state index in [1.54, 1.807) is 7.11 Å². The van der Waals surface area contributed by atoms with Crippen LogP contribution in [0, 0.1) is 12.8 Å². The van der Waals surface area contributed by atoms with Crippen molar-refractivity contribution in [2.75, 3.05) is 27.2 Å². The van der Waals surface area contributed by atoms with Crippen LogP contribution in [0.3, 0.4) is 0 Å². The van der Waals surface area contributed by atoms with Crippen molar-refractivity contribution >= 4 is 0 Å². The summed E-state index contributed by atoms with van der Waals surface area (Å²) in [4.78, 5) is 2.43. The summed E-state index contributed by atoms with van der Waals surface area (Å²) in [5, 5.41) is 0. The largest absolute Gasteiger partial charge is 0.496 e. The number of ether oxygens (including phenoxy) is 1. The lowest BCUT2D eigenvalue weighted by atomic mass is 9.84. The number of hydrogen-bond donors (Lipinski definition) is 1. The third-order valence-corrected chi connectivity index (χ3v) is 4.07. The number of piperidine rings is 1.